The zero-order chi connectivity index (χ0) is 24.4. The molecule has 9 heteroatoms. The van der Waals surface area contributed by atoms with E-state index in [1.54, 1.807) is 42.5 Å². The molecule has 1 atom stereocenters. The van der Waals surface area contributed by atoms with Gasteiger partial charge in [0, 0.05) is 11.8 Å². The first-order valence-electron chi connectivity index (χ1n) is 10.4. The van der Waals surface area contributed by atoms with E-state index in [1.807, 2.05) is 24.4 Å². The van der Waals surface area contributed by atoms with Crippen molar-refractivity contribution < 1.29 is 19.1 Å². The molecule has 174 valence electrons. The number of allylic oxidation sites excluding steroid dienone is 1. The van der Waals surface area contributed by atoms with Gasteiger partial charge >= 0.3 is 11.9 Å². The molecule has 0 amide bonds. The summed E-state index contributed by atoms with van der Waals surface area (Å²) in [5, 5.41) is 1.98. The van der Waals surface area contributed by atoms with E-state index in [-0.39, 0.29) is 17.7 Å². The Hall–Kier alpha value is -3.56. The lowest BCUT2D eigenvalue weighted by molar-refractivity contribution is -0.138. The number of thiazole rings is 1. The molecule has 0 fully saturated rings. The first kappa shape index (κ1) is 23.6. The summed E-state index contributed by atoms with van der Waals surface area (Å²) in [4.78, 5) is 43.9. The number of carbonyl (C=O) groups excluding carboxylic acids is 2. The minimum absolute atomic E-state index is 0.0375. The summed E-state index contributed by atoms with van der Waals surface area (Å²) < 4.78 is 12.5. The van der Waals surface area contributed by atoms with Gasteiger partial charge in [0.15, 0.2) is 4.80 Å². The molecule has 0 spiro atoms. The number of fused-ring (bicyclic) bond motifs is 1. The number of thiophene rings is 1. The molecule has 7 nitrogen and oxygen atoms in total. The van der Waals surface area contributed by atoms with Gasteiger partial charge in [-0.05, 0) is 54.6 Å². The van der Waals surface area contributed by atoms with E-state index in [0.29, 0.717) is 26.3 Å². The molecule has 3 heterocycles. The zero-order valence-electron chi connectivity index (χ0n) is 18.9. The quantitative estimate of drug-likeness (QED) is 0.298. The highest BCUT2D eigenvalue weighted by molar-refractivity contribution is 7.11. The zero-order valence-corrected chi connectivity index (χ0v) is 20.5. The Morgan fingerprint density at radius 2 is 1.94 bits per heavy atom. The molecule has 4 rings (SSSR count). The van der Waals surface area contributed by atoms with Crippen LogP contribution in [0.15, 0.2) is 69.4 Å². The third kappa shape index (κ3) is 4.57. The highest BCUT2D eigenvalue weighted by Gasteiger charge is 2.33. The fraction of sp³-hybridized carbons (Fsp3) is 0.200. The Morgan fingerprint density at radius 1 is 1.21 bits per heavy atom. The molecule has 0 N–H and O–H groups in total. The van der Waals surface area contributed by atoms with E-state index in [1.165, 1.54) is 28.9 Å². The lowest BCUT2D eigenvalue weighted by Crippen LogP contribution is -2.39. The Balaban J connectivity index is 1.90. The van der Waals surface area contributed by atoms with Gasteiger partial charge in [-0.25, -0.2) is 9.79 Å². The number of rotatable bonds is 6. The second-order valence-corrected chi connectivity index (χ2v) is 9.56. The van der Waals surface area contributed by atoms with E-state index >= 15 is 0 Å². The largest absolute Gasteiger partial charge is 0.458 e. The molecule has 2 aromatic heterocycles. The van der Waals surface area contributed by atoms with Crippen LogP contribution in [0.4, 0.5) is 0 Å². The summed E-state index contributed by atoms with van der Waals surface area (Å²) in [7, 11) is 0. The summed E-state index contributed by atoms with van der Waals surface area (Å²) in [5.74, 6) is -0.638. The first-order valence-corrected chi connectivity index (χ1v) is 12.1. The third-order valence-electron chi connectivity index (χ3n) is 5.20. The second kappa shape index (κ2) is 9.74. The van der Waals surface area contributed by atoms with Crippen molar-refractivity contribution >= 4 is 40.7 Å². The SMILES string of the molecule is C=CCOC(=O)C1=C(C)N=c2s/c(=C\c3sccc3C)c(=O)n2[C@@H]1c1ccc(OC(C)=O)cc1. The van der Waals surface area contributed by atoms with Crippen LogP contribution in [-0.4, -0.2) is 23.1 Å². The number of benzene rings is 1. The van der Waals surface area contributed by atoms with Crippen LogP contribution in [0.3, 0.4) is 0 Å². The van der Waals surface area contributed by atoms with Gasteiger partial charge in [-0.1, -0.05) is 36.1 Å². The van der Waals surface area contributed by atoms with Crippen LogP contribution in [0.5, 0.6) is 5.75 Å². The number of nitrogens with zero attached hydrogens (tertiary/aromatic N) is 2. The highest BCUT2D eigenvalue weighted by atomic mass is 32.1. The molecule has 1 aliphatic rings. The average Bonchev–Trinajstić information content (AvgIpc) is 3.34. The van der Waals surface area contributed by atoms with Crippen LogP contribution in [0, 0.1) is 6.92 Å². The van der Waals surface area contributed by atoms with E-state index in [0.717, 1.165) is 10.4 Å². The molecule has 0 aliphatic carbocycles. The van der Waals surface area contributed by atoms with Crippen molar-refractivity contribution in [1.82, 2.24) is 4.57 Å². The Morgan fingerprint density at radius 3 is 2.56 bits per heavy atom. The molecule has 1 aromatic carbocycles. The highest BCUT2D eigenvalue weighted by Crippen LogP contribution is 2.31. The number of carbonyl (C=O) groups is 2. The maximum atomic E-state index is 13.6. The van der Waals surface area contributed by atoms with Gasteiger partial charge in [-0.15, -0.1) is 11.3 Å². The summed E-state index contributed by atoms with van der Waals surface area (Å²) in [6, 6.07) is 7.96. The predicted octanol–water partition coefficient (Wildman–Crippen LogP) is 3.26. The molecule has 0 unspecified atom stereocenters. The number of hydrogen-bond acceptors (Lipinski definition) is 8. The van der Waals surface area contributed by atoms with Crippen LogP contribution in [0.2, 0.25) is 0 Å². The minimum Gasteiger partial charge on any atom is -0.458 e. The lowest BCUT2D eigenvalue weighted by atomic mass is 9.96. The summed E-state index contributed by atoms with van der Waals surface area (Å²) in [5.41, 5.74) is 2.25. The van der Waals surface area contributed by atoms with Crippen molar-refractivity contribution in [2.45, 2.75) is 26.8 Å². The van der Waals surface area contributed by atoms with Crippen LogP contribution >= 0.6 is 22.7 Å². The maximum absolute atomic E-state index is 13.6. The normalized spacial score (nSPS) is 15.5. The monoisotopic (exact) mass is 494 g/mol. The summed E-state index contributed by atoms with van der Waals surface area (Å²) in [6.45, 7) is 8.66. The fourth-order valence-electron chi connectivity index (χ4n) is 3.65. The molecular weight excluding hydrogens is 472 g/mol. The van der Waals surface area contributed by atoms with Crippen molar-refractivity contribution in [3.63, 3.8) is 0 Å². The number of esters is 2. The van der Waals surface area contributed by atoms with Gasteiger partial charge in [0.25, 0.3) is 5.56 Å². The first-order chi connectivity index (χ1) is 16.3. The van der Waals surface area contributed by atoms with Crippen molar-refractivity contribution in [3.8, 4) is 5.75 Å². The smallest absolute Gasteiger partial charge is 0.338 e. The number of aromatic nitrogens is 1. The topological polar surface area (TPSA) is 87.0 Å². The Labute approximate surface area is 203 Å². The Bertz CT molecular complexity index is 1490. The minimum atomic E-state index is -0.744. The fourth-order valence-corrected chi connectivity index (χ4v) is 5.61. The molecule has 0 bridgehead atoms. The van der Waals surface area contributed by atoms with Gasteiger partial charge in [0.1, 0.15) is 12.4 Å². The molecule has 0 saturated heterocycles. The third-order valence-corrected chi connectivity index (χ3v) is 7.14. The van der Waals surface area contributed by atoms with E-state index in [9.17, 15) is 14.4 Å². The van der Waals surface area contributed by atoms with Gasteiger partial charge in [0.05, 0.1) is 21.8 Å². The summed E-state index contributed by atoms with van der Waals surface area (Å²) in [6.07, 6.45) is 3.34. The lowest BCUT2D eigenvalue weighted by Gasteiger charge is -2.24. The van der Waals surface area contributed by atoms with Crippen molar-refractivity contribution in [2.24, 2.45) is 4.99 Å². The van der Waals surface area contributed by atoms with Gasteiger partial charge in [0.2, 0.25) is 0 Å². The number of ether oxygens (including phenoxy) is 2. The molecular formula is C25H22N2O5S2. The van der Waals surface area contributed by atoms with Crippen LogP contribution in [-0.2, 0) is 14.3 Å². The van der Waals surface area contributed by atoms with Gasteiger partial charge in [-0.3, -0.25) is 14.2 Å². The molecule has 1 aliphatic heterocycles. The maximum Gasteiger partial charge on any atom is 0.338 e. The summed E-state index contributed by atoms with van der Waals surface area (Å²) >= 11 is 2.83. The van der Waals surface area contributed by atoms with E-state index in [2.05, 4.69) is 11.6 Å². The van der Waals surface area contributed by atoms with Crippen molar-refractivity contribution in [2.75, 3.05) is 6.61 Å². The van der Waals surface area contributed by atoms with Gasteiger partial charge in [-0.2, -0.15) is 0 Å². The van der Waals surface area contributed by atoms with Crippen LogP contribution in [0.25, 0.3) is 6.08 Å². The number of hydrogen-bond donors (Lipinski definition) is 0. The van der Waals surface area contributed by atoms with Crippen LogP contribution < -0.4 is 19.6 Å². The standard InChI is InChI=1S/C25H22N2O5S2/c1-5-11-31-24(30)21-15(3)26-25-27(22(21)17-6-8-18(9-7-17)32-16(4)28)23(29)20(34-25)13-19-14(2)10-12-33-19/h5-10,12-13,22H,1,11H2,2-4H3/b20-13-/t22-/m1/s1. The average molecular weight is 495 g/mol. The van der Waals surface area contributed by atoms with Gasteiger partial charge < -0.3 is 9.47 Å². The predicted molar refractivity (Wildman–Crippen MR) is 132 cm³/mol. The molecule has 0 radical (unpaired) electrons. The molecule has 0 saturated carbocycles. The second-order valence-electron chi connectivity index (χ2n) is 7.60. The van der Waals surface area contributed by atoms with Crippen molar-refractivity contribution in [1.29, 1.82) is 0 Å². The van der Waals surface area contributed by atoms with Crippen molar-refractivity contribution in [3.05, 3.63) is 95.3 Å². The number of aryl methyl sites for hydroxylation is 1. The van der Waals surface area contributed by atoms with E-state index < -0.39 is 18.0 Å². The van der Waals surface area contributed by atoms with E-state index in [4.69, 9.17) is 9.47 Å². The molecule has 3 aromatic rings. The molecule has 34 heavy (non-hydrogen) atoms. The van der Waals surface area contributed by atoms with Crippen LogP contribution in [0.1, 0.15) is 35.9 Å². The Kier molecular flexibility index (Phi) is 6.76.